The maximum atomic E-state index is 12.1. The molecule has 0 aliphatic carbocycles. The molecule has 2 atom stereocenters. The molecule has 0 amide bonds. The number of nitrogens with two attached hydrogens (primary N) is 1. The lowest BCUT2D eigenvalue weighted by atomic mass is 10.0. The number of fused-ring (bicyclic) bond motifs is 1. The minimum absolute atomic E-state index is 0.221. The molecule has 0 bridgehead atoms. The molecule has 2 unspecified atom stereocenters. The number of nitrogens with zero attached hydrogens (tertiary/aromatic N) is 1. The van der Waals surface area contributed by atoms with Crippen LogP contribution in [0.15, 0.2) is 29.2 Å². The van der Waals surface area contributed by atoms with E-state index in [1.807, 2.05) is 12.1 Å². The maximum Gasteiger partial charge on any atom is 0.178 e. The van der Waals surface area contributed by atoms with Gasteiger partial charge in [0.1, 0.15) is 0 Å². The van der Waals surface area contributed by atoms with Crippen LogP contribution in [-0.4, -0.2) is 38.2 Å². The van der Waals surface area contributed by atoms with Crippen LogP contribution in [0.4, 0.5) is 0 Å². The molecule has 2 aliphatic rings. The largest absolute Gasteiger partial charge is 0.326 e. The second-order valence-electron chi connectivity index (χ2n) is 5.20. The third-order valence-electron chi connectivity index (χ3n) is 3.97. The van der Waals surface area contributed by atoms with E-state index in [4.69, 9.17) is 5.73 Å². The van der Waals surface area contributed by atoms with Crippen molar-refractivity contribution < 1.29 is 8.42 Å². The summed E-state index contributed by atoms with van der Waals surface area (Å²) in [5.41, 5.74) is 6.90. The molecule has 2 aliphatic heterocycles. The Morgan fingerprint density at radius 2 is 2.00 bits per heavy atom. The number of likely N-dealkylation sites (tertiary alicyclic amines) is 1. The van der Waals surface area contributed by atoms with Gasteiger partial charge < -0.3 is 5.73 Å². The van der Waals surface area contributed by atoms with E-state index < -0.39 is 9.84 Å². The van der Waals surface area contributed by atoms with Gasteiger partial charge in [0, 0.05) is 25.2 Å². The molecule has 98 valence electrons. The van der Waals surface area contributed by atoms with Crippen LogP contribution in [0.5, 0.6) is 0 Å². The molecule has 18 heavy (non-hydrogen) atoms. The van der Waals surface area contributed by atoms with E-state index in [-0.39, 0.29) is 17.8 Å². The molecule has 5 heteroatoms. The van der Waals surface area contributed by atoms with Crippen LogP contribution in [0.1, 0.15) is 24.4 Å². The van der Waals surface area contributed by atoms with Gasteiger partial charge in [-0.3, -0.25) is 4.90 Å². The molecule has 1 saturated heterocycles. The summed E-state index contributed by atoms with van der Waals surface area (Å²) in [4.78, 5) is 2.85. The van der Waals surface area contributed by atoms with E-state index in [0.29, 0.717) is 11.3 Å². The van der Waals surface area contributed by atoms with Gasteiger partial charge in [-0.2, -0.15) is 0 Å². The van der Waals surface area contributed by atoms with Gasteiger partial charge in [0.2, 0.25) is 0 Å². The summed E-state index contributed by atoms with van der Waals surface area (Å²) >= 11 is 0. The topological polar surface area (TPSA) is 63.4 Å². The zero-order valence-corrected chi connectivity index (χ0v) is 11.1. The van der Waals surface area contributed by atoms with E-state index >= 15 is 0 Å². The molecule has 1 aromatic carbocycles. The lowest BCUT2D eigenvalue weighted by Gasteiger charge is -2.32. The summed E-state index contributed by atoms with van der Waals surface area (Å²) in [5.74, 6) is 0.250. The monoisotopic (exact) mass is 266 g/mol. The Hall–Kier alpha value is -0.910. The maximum absolute atomic E-state index is 12.1. The highest BCUT2D eigenvalue weighted by Crippen LogP contribution is 2.37. The average Bonchev–Trinajstić information content (AvgIpc) is 2.76. The van der Waals surface area contributed by atoms with Gasteiger partial charge in [0.15, 0.2) is 9.84 Å². The summed E-state index contributed by atoms with van der Waals surface area (Å²) in [6, 6.07) is 7.85. The van der Waals surface area contributed by atoms with Crippen LogP contribution in [-0.2, 0) is 9.84 Å². The van der Waals surface area contributed by atoms with Crippen molar-refractivity contribution >= 4 is 9.84 Å². The van der Waals surface area contributed by atoms with E-state index in [0.717, 1.165) is 25.1 Å². The van der Waals surface area contributed by atoms with Crippen LogP contribution in [0.3, 0.4) is 0 Å². The highest BCUT2D eigenvalue weighted by molar-refractivity contribution is 7.91. The molecule has 0 spiro atoms. The number of benzene rings is 1. The van der Waals surface area contributed by atoms with Crippen molar-refractivity contribution in [3.63, 3.8) is 0 Å². The second-order valence-corrected chi connectivity index (χ2v) is 7.28. The zero-order chi connectivity index (χ0) is 12.8. The SMILES string of the molecule is NC1CCN(C2CCS(=O)(=O)c3ccccc32)C1. The van der Waals surface area contributed by atoms with E-state index in [2.05, 4.69) is 4.90 Å². The Morgan fingerprint density at radius 3 is 2.72 bits per heavy atom. The number of hydrogen-bond donors (Lipinski definition) is 1. The smallest absolute Gasteiger partial charge is 0.178 e. The minimum Gasteiger partial charge on any atom is -0.326 e. The molecular weight excluding hydrogens is 248 g/mol. The first-order chi connectivity index (χ1) is 8.58. The third kappa shape index (κ3) is 1.96. The lowest BCUT2D eigenvalue weighted by molar-refractivity contribution is 0.231. The van der Waals surface area contributed by atoms with Crippen LogP contribution in [0, 0.1) is 0 Å². The highest BCUT2D eigenvalue weighted by atomic mass is 32.2. The average molecular weight is 266 g/mol. The van der Waals surface area contributed by atoms with Crippen LogP contribution in [0.2, 0.25) is 0 Å². The van der Waals surface area contributed by atoms with Gasteiger partial charge in [-0.05, 0) is 24.5 Å². The molecule has 4 nitrogen and oxygen atoms in total. The van der Waals surface area contributed by atoms with E-state index in [9.17, 15) is 8.42 Å². The Labute approximate surface area is 108 Å². The molecule has 3 rings (SSSR count). The first kappa shape index (κ1) is 12.1. The van der Waals surface area contributed by atoms with E-state index in [1.54, 1.807) is 12.1 Å². The molecule has 2 heterocycles. The molecule has 1 aromatic rings. The third-order valence-corrected chi connectivity index (χ3v) is 5.79. The summed E-state index contributed by atoms with van der Waals surface area (Å²) in [7, 11) is -3.08. The van der Waals surface area contributed by atoms with Crippen molar-refractivity contribution in [2.24, 2.45) is 5.73 Å². The van der Waals surface area contributed by atoms with Gasteiger partial charge in [0.05, 0.1) is 10.6 Å². The van der Waals surface area contributed by atoms with Gasteiger partial charge in [-0.1, -0.05) is 18.2 Å². The molecule has 1 fully saturated rings. The molecule has 0 saturated carbocycles. The highest BCUT2D eigenvalue weighted by Gasteiger charge is 2.35. The predicted molar refractivity (Wildman–Crippen MR) is 70.0 cm³/mol. The van der Waals surface area contributed by atoms with Crippen LogP contribution >= 0.6 is 0 Å². The Morgan fingerprint density at radius 1 is 1.22 bits per heavy atom. The van der Waals surface area contributed by atoms with Gasteiger partial charge in [-0.25, -0.2) is 8.42 Å². The molecule has 2 N–H and O–H groups in total. The van der Waals surface area contributed by atoms with Crippen molar-refractivity contribution in [2.75, 3.05) is 18.8 Å². The summed E-state index contributed by atoms with van der Waals surface area (Å²) in [5, 5.41) is 0. The fraction of sp³-hybridized carbons (Fsp3) is 0.538. The summed E-state index contributed by atoms with van der Waals surface area (Å²) in [6.07, 6.45) is 1.69. The number of rotatable bonds is 1. The molecular formula is C13H18N2O2S. The second kappa shape index (κ2) is 4.33. The van der Waals surface area contributed by atoms with Crippen LogP contribution < -0.4 is 5.73 Å². The van der Waals surface area contributed by atoms with Crippen molar-refractivity contribution in [2.45, 2.75) is 29.8 Å². The van der Waals surface area contributed by atoms with Crippen molar-refractivity contribution in [3.8, 4) is 0 Å². The van der Waals surface area contributed by atoms with Gasteiger partial charge >= 0.3 is 0 Å². The van der Waals surface area contributed by atoms with Crippen molar-refractivity contribution in [1.29, 1.82) is 0 Å². The van der Waals surface area contributed by atoms with E-state index in [1.165, 1.54) is 0 Å². The number of hydrogen-bond acceptors (Lipinski definition) is 4. The normalized spacial score (nSPS) is 31.2. The fourth-order valence-electron chi connectivity index (χ4n) is 3.05. The Kier molecular flexibility index (Phi) is 2.92. The predicted octanol–water partition coefficient (Wildman–Crippen LogP) is 0.938. The standard InChI is InChI=1S/C13H18N2O2S/c14-10-5-7-15(9-10)12-6-8-18(16,17)13-4-2-1-3-11(12)13/h1-4,10,12H,5-9,14H2. The Bertz CT molecular complexity index is 556. The molecule has 0 radical (unpaired) electrons. The zero-order valence-electron chi connectivity index (χ0n) is 10.2. The van der Waals surface area contributed by atoms with Gasteiger partial charge in [0.25, 0.3) is 0 Å². The molecule has 0 aromatic heterocycles. The lowest BCUT2D eigenvalue weighted by Crippen LogP contribution is -2.34. The van der Waals surface area contributed by atoms with Gasteiger partial charge in [-0.15, -0.1) is 0 Å². The first-order valence-corrected chi connectivity index (χ1v) is 8.04. The van der Waals surface area contributed by atoms with Crippen molar-refractivity contribution in [1.82, 2.24) is 4.90 Å². The minimum atomic E-state index is -3.08. The number of sulfone groups is 1. The summed E-state index contributed by atoms with van der Waals surface area (Å²) < 4.78 is 24.1. The Balaban J connectivity index is 2.00. The first-order valence-electron chi connectivity index (χ1n) is 6.39. The quantitative estimate of drug-likeness (QED) is 0.821. The van der Waals surface area contributed by atoms with Crippen LogP contribution in [0.25, 0.3) is 0 Å². The fourth-order valence-corrected chi connectivity index (χ4v) is 4.65. The van der Waals surface area contributed by atoms with Crippen molar-refractivity contribution in [3.05, 3.63) is 29.8 Å². The summed E-state index contributed by atoms with van der Waals surface area (Å²) in [6.45, 7) is 1.85.